The number of alkyl halides is 3. The molecule has 96 valence electrons. The molecule has 7 heteroatoms. The lowest BCUT2D eigenvalue weighted by Crippen LogP contribution is -2.19. The SMILES string of the molecule is Nc1ccc2sc(C(=O)OCC(F)(F)F)cc2c1. The van der Waals surface area contributed by atoms with Crippen LogP contribution < -0.4 is 5.73 Å². The summed E-state index contributed by atoms with van der Waals surface area (Å²) < 4.78 is 40.6. The van der Waals surface area contributed by atoms with Crippen LogP contribution in [0.1, 0.15) is 9.67 Å². The summed E-state index contributed by atoms with van der Waals surface area (Å²) in [6.45, 7) is -1.58. The summed E-state index contributed by atoms with van der Waals surface area (Å²) in [4.78, 5) is 11.5. The molecule has 3 nitrogen and oxygen atoms in total. The molecule has 2 aromatic rings. The summed E-state index contributed by atoms with van der Waals surface area (Å²) in [6, 6.07) is 6.47. The first-order chi connectivity index (χ1) is 8.35. The van der Waals surface area contributed by atoms with Crippen molar-refractivity contribution in [1.29, 1.82) is 0 Å². The van der Waals surface area contributed by atoms with Gasteiger partial charge in [-0.25, -0.2) is 4.79 Å². The minimum absolute atomic E-state index is 0.125. The number of hydrogen-bond donors (Lipinski definition) is 1. The van der Waals surface area contributed by atoms with Crippen molar-refractivity contribution >= 4 is 33.1 Å². The number of rotatable bonds is 2. The van der Waals surface area contributed by atoms with Crippen LogP contribution in [0.15, 0.2) is 24.3 Å². The number of fused-ring (bicyclic) bond motifs is 1. The quantitative estimate of drug-likeness (QED) is 0.676. The minimum atomic E-state index is -4.52. The van der Waals surface area contributed by atoms with E-state index in [4.69, 9.17) is 5.73 Å². The molecule has 0 unspecified atom stereocenters. The predicted molar refractivity (Wildman–Crippen MR) is 62.6 cm³/mol. The molecule has 1 aromatic heterocycles. The van der Waals surface area contributed by atoms with Crippen LogP contribution in [-0.4, -0.2) is 18.8 Å². The third kappa shape index (κ3) is 2.92. The third-order valence-corrected chi connectivity index (χ3v) is 3.20. The number of halogens is 3. The van der Waals surface area contributed by atoms with Crippen molar-refractivity contribution in [3.8, 4) is 0 Å². The minimum Gasteiger partial charge on any atom is -0.452 e. The van der Waals surface area contributed by atoms with Gasteiger partial charge in [0, 0.05) is 10.4 Å². The molecular weight excluding hydrogens is 267 g/mol. The molecule has 0 spiro atoms. The highest BCUT2D eigenvalue weighted by molar-refractivity contribution is 7.20. The highest BCUT2D eigenvalue weighted by Gasteiger charge is 2.30. The number of hydrogen-bond acceptors (Lipinski definition) is 4. The Bertz CT molecular complexity index is 591. The first kappa shape index (κ1) is 12.7. The number of benzene rings is 1. The lowest BCUT2D eigenvalue weighted by Gasteiger charge is -2.05. The topological polar surface area (TPSA) is 52.3 Å². The Hall–Kier alpha value is -1.76. The summed E-state index contributed by atoms with van der Waals surface area (Å²) in [5.74, 6) is -0.980. The molecule has 1 heterocycles. The second-order valence-corrected chi connectivity index (χ2v) is 4.68. The molecule has 2 N–H and O–H groups in total. The zero-order valence-electron chi connectivity index (χ0n) is 8.95. The fourth-order valence-corrected chi connectivity index (χ4v) is 2.32. The van der Waals surface area contributed by atoms with E-state index >= 15 is 0 Å². The van der Waals surface area contributed by atoms with Gasteiger partial charge in [0.15, 0.2) is 6.61 Å². The maximum absolute atomic E-state index is 11.9. The largest absolute Gasteiger partial charge is 0.452 e. The van der Waals surface area contributed by atoms with Crippen LogP contribution in [0.25, 0.3) is 10.1 Å². The van der Waals surface area contributed by atoms with Gasteiger partial charge in [-0.2, -0.15) is 13.2 Å². The van der Waals surface area contributed by atoms with Gasteiger partial charge in [0.25, 0.3) is 0 Å². The predicted octanol–water partition coefficient (Wildman–Crippen LogP) is 3.20. The average molecular weight is 275 g/mol. The van der Waals surface area contributed by atoms with E-state index in [0.29, 0.717) is 11.1 Å². The molecule has 0 saturated carbocycles. The van der Waals surface area contributed by atoms with Crippen LogP contribution >= 0.6 is 11.3 Å². The molecule has 0 saturated heterocycles. The molecule has 0 fully saturated rings. The Morgan fingerprint density at radius 2 is 2.06 bits per heavy atom. The van der Waals surface area contributed by atoms with E-state index < -0.39 is 18.8 Å². The van der Waals surface area contributed by atoms with E-state index in [1.807, 2.05) is 0 Å². The van der Waals surface area contributed by atoms with Crippen LogP contribution in [-0.2, 0) is 4.74 Å². The van der Waals surface area contributed by atoms with Crippen molar-refractivity contribution in [1.82, 2.24) is 0 Å². The number of thiophene rings is 1. The molecule has 2 rings (SSSR count). The molecule has 0 amide bonds. The third-order valence-electron chi connectivity index (χ3n) is 2.11. The van der Waals surface area contributed by atoms with Gasteiger partial charge in [0.1, 0.15) is 4.88 Å². The number of ether oxygens (including phenoxy) is 1. The first-order valence-corrected chi connectivity index (χ1v) is 5.70. The molecule has 0 atom stereocenters. The zero-order valence-corrected chi connectivity index (χ0v) is 9.77. The van der Waals surface area contributed by atoms with Crippen LogP contribution in [0.5, 0.6) is 0 Å². The van der Waals surface area contributed by atoms with Crippen LogP contribution in [0.2, 0.25) is 0 Å². The highest BCUT2D eigenvalue weighted by Crippen LogP contribution is 2.28. The van der Waals surface area contributed by atoms with Gasteiger partial charge in [-0.1, -0.05) is 0 Å². The van der Waals surface area contributed by atoms with Crippen molar-refractivity contribution in [3.05, 3.63) is 29.1 Å². The maximum atomic E-state index is 11.9. The van der Waals surface area contributed by atoms with Gasteiger partial charge >= 0.3 is 12.1 Å². The van der Waals surface area contributed by atoms with E-state index in [0.717, 1.165) is 16.0 Å². The van der Waals surface area contributed by atoms with Crippen molar-refractivity contribution in [2.24, 2.45) is 0 Å². The number of carbonyl (C=O) groups is 1. The van der Waals surface area contributed by atoms with Gasteiger partial charge in [-0.15, -0.1) is 11.3 Å². The second kappa shape index (κ2) is 4.49. The summed E-state index contributed by atoms with van der Waals surface area (Å²) in [7, 11) is 0. The number of nitrogens with two attached hydrogens (primary N) is 1. The Morgan fingerprint density at radius 3 is 2.72 bits per heavy atom. The van der Waals surface area contributed by atoms with Gasteiger partial charge in [-0.3, -0.25) is 0 Å². The molecule has 18 heavy (non-hydrogen) atoms. The summed E-state index contributed by atoms with van der Waals surface area (Å²) in [6.07, 6.45) is -4.52. The summed E-state index contributed by atoms with van der Waals surface area (Å²) in [5, 5.41) is 0.707. The molecule has 0 bridgehead atoms. The molecular formula is C11H8F3NO2S. The van der Waals surface area contributed by atoms with Gasteiger partial charge in [0.05, 0.1) is 0 Å². The zero-order chi connectivity index (χ0) is 13.3. The number of nitrogen functional groups attached to an aromatic ring is 1. The Morgan fingerprint density at radius 1 is 1.33 bits per heavy atom. The summed E-state index contributed by atoms with van der Waals surface area (Å²) >= 11 is 1.07. The molecule has 0 radical (unpaired) electrons. The van der Waals surface area contributed by atoms with E-state index in [-0.39, 0.29) is 4.88 Å². The molecule has 1 aromatic carbocycles. The Labute approximate surface area is 104 Å². The van der Waals surface area contributed by atoms with Gasteiger partial charge in [-0.05, 0) is 29.7 Å². The van der Waals surface area contributed by atoms with Crippen LogP contribution in [0.4, 0.5) is 18.9 Å². The van der Waals surface area contributed by atoms with Gasteiger partial charge < -0.3 is 10.5 Å². The van der Waals surface area contributed by atoms with Crippen molar-refractivity contribution in [2.75, 3.05) is 12.3 Å². The van der Waals surface area contributed by atoms with E-state index in [9.17, 15) is 18.0 Å². The monoisotopic (exact) mass is 275 g/mol. The number of esters is 1. The summed E-state index contributed by atoms with van der Waals surface area (Å²) in [5.41, 5.74) is 6.09. The normalized spacial score (nSPS) is 11.7. The fraction of sp³-hybridized carbons (Fsp3) is 0.182. The highest BCUT2D eigenvalue weighted by atomic mass is 32.1. The van der Waals surface area contributed by atoms with E-state index in [1.165, 1.54) is 6.07 Å². The first-order valence-electron chi connectivity index (χ1n) is 4.88. The molecule has 0 aliphatic carbocycles. The number of anilines is 1. The second-order valence-electron chi connectivity index (χ2n) is 3.60. The van der Waals surface area contributed by atoms with E-state index in [2.05, 4.69) is 4.74 Å². The lowest BCUT2D eigenvalue weighted by atomic mass is 10.2. The average Bonchev–Trinajstić information content (AvgIpc) is 2.67. The fourth-order valence-electron chi connectivity index (χ4n) is 1.38. The Balaban J connectivity index is 2.18. The molecule has 0 aliphatic rings. The van der Waals surface area contributed by atoms with E-state index in [1.54, 1.807) is 18.2 Å². The van der Waals surface area contributed by atoms with Crippen molar-refractivity contribution < 1.29 is 22.7 Å². The smallest absolute Gasteiger partial charge is 0.422 e. The van der Waals surface area contributed by atoms with Crippen molar-refractivity contribution in [2.45, 2.75) is 6.18 Å². The maximum Gasteiger partial charge on any atom is 0.422 e. The number of carbonyl (C=O) groups excluding carboxylic acids is 1. The Kier molecular flexibility index (Phi) is 3.16. The van der Waals surface area contributed by atoms with Crippen molar-refractivity contribution in [3.63, 3.8) is 0 Å². The lowest BCUT2D eigenvalue weighted by molar-refractivity contribution is -0.161. The van der Waals surface area contributed by atoms with Crippen LogP contribution in [0, 0.1) is 0 Å². The van der Waals surface area contributed by atoms with Gasteiger partial charge in [0.2, 0.25) is 0 Å². The standard InChI is InChI=1S/C11H8F3NO2S/c12-11(13,14)5-17-10(16)9-4-6-3-7(15)1-2-8(6)18-9/h1-4H,5,15H2. The molecule has 0 aliphatic heterocycles. The van der Waals surface area contributed by atoms with Crippen LogP contribution in [0.3, 0.4) is 0 Å².